The Morgan fingerprint density at radius 1 is 1.05 bits per heavy atom. The highest BCUT2D eigenvalue weighted by Gasteiger charge is 2.09. The van der Waals surface area contributed by atoms with Gasteiger partial charge in [0, 0.05) is 12.1 Å². The van der Waals surface area contributed by atoms with Gasteiger partial charge in [-0.05, 0) is 35.7 Å². The van der Waals surface area contributed by atoms with E-state index in [9.17, 15) is 15.0 Å². The number of hydrogen-bond acceptors (Lipinski definition) is 3. The number of phenols is 2. The van der Waals surface area contributed by atoms with Gasteiger partial charge in [-0.15, -0.1) is 0 Å². The lowest BCUT2D eigenvalue weighted by atomic mass is 10.1. The third kappa shape index (κ3) is 3.09. The van der Waals surface area contributed by atoms with Gasteiger partial charge >= 0.3 is 0 Å². The van der Waals surface area contributed by atoms with Crippen molar-refractivity contribution in [3.05, 3.63) is 59.2 Å². The summed E-state index contributed by atoms with van der Waals surface area (Å²) in [7, 11) is 0. The topological polar surface area (TPSA) is 69.6 Å². The zero-order valence-electron chi connectivity index (χ0n) is 11.3. The van der Waals surface area contributed by atoms with Crippen LogP contribution in [0, 0.1) is 0 Å². The number of aryl methyl sites for hydroxylation is 1. The highest BCUT2D eigenvalue weighted by atomic mass is 16.3. The number of carbonyl (C=O) groups is 1. The minimum absolute atomic E-state index is 0.238. The van der Waals surface area contributed by atoms with Crippen molar-refractivity contribution in [2.24, 2.45) is 0 Å². The minimum atomic E-state index is -0.299. The van der Waals surface area contributed by atoms with Crippen molar-refractivity contribution in [3.63, 3.8) is 0 Å². The predicted molar refractivity (Wildman–Crippen MR) is 76.8 cm³/mol. The van der Waals surface area contributed by atoms with Crippen molar-refractivity contribution < 1.29 is 15.0 Å². The molecule has 0 aliphatic heterocycles. The SMILES string of the molecule is CCc1ccccc1CNC(=O)c1ccc(O)c(O)c1. The van der Waals surface area contributed by atoms with E-state index in [0.717, 1.165) is 12.0 Å². The number of phenolic OH excluding ortho intramolecular Hbond substituents is 2. The Hall–Kier alpha value is -2.49. The Bertz CT molecular complexity index is 623. The van der Waals surface area contributed by atoms with E-state index >= 15 is 0 Å². The van der Waals surface area contributed by atoms with Crippen molar-refractivity contribution in [1.29, 1.82) is 0 Å². The van der Waals surface area contributed by atoms with Crippen LogP contribution in [-0.2, 0) is 13.0 Å². The average molecular weight is 271 g/mol. The summed E-state index contributed by atoms with van der Waals surface area (Å²) in [6.07, 6.45) is 0.909. The second-order valence-electron chi connectivity index (χ2n) is 4.51. The Morgan fingerprint density at radius 3 is 2.40 bits per heavy atom. The number of nitrogens with one attached hydrogen (secondary N) is 1. The lowest BCUT2D eigenvalue weighted by Crippen LogP contribution is -2.23. The number of rotatable bonds is 4. The first-order valence-electron chi connectivity index (χ1n) is 6.48. The van der Waals surface area contributed by atoms with Gasteiger partial charge in [-0.3, -0.25) is 4.79 Å². The molecule has 0 aliphatic carbocycles. The van der Waals surface area contributed by atoms with E-state index in [2.05, 4.69) is 12.2 Å². The molecule has 0 unspecified atom stereocenters. The number of carbonyl (C=O) groups excluding carboxylic acids is 1. The molecule has 2 rings (SSSR count). The van der Waals surface area contributed by atoms with E-state index in [1.807, 2.05) is 24.3 Å². The zero-order chi connectivity index (χ0) is 14.5. The second kappa shape index (κ2) is 6.10. The molecule has 0 saturated heterocycles. The fourth-order valence-electron chi connectivity index (χ4n) is 2.02. The summed E-state index contributed by atoms with van der Waals surface area (Å²) >= 11 is 0. The third-order valence-electron chi connectivity index (χ3n) is 3.18. The Labute approximate surface area is 117 Å². The van der Waals surface area contributed by atoms with Crippen LogP contribution in [0.1, 0.15) is 28.4 Å². The van der Waals surface area contributed by atoms with E-state index in [-0.39, 0.29) is 17.4 Å². The maximum atomic E-state index is 12.0. The largest absolute Gasteiger partial charge is 0.504 e. The molecular formula is C16H17NO3. The van der Waals surface area contributed by atoms with Crippen LogP contribution in [0.3, 0.4) is 0 Å². The number of hydrogen-bond donors (Lipinski definition) is 3. The van der Waals surface area contributed by atoms with Crippen molar-refractivity contribution in [2.75, 3.05) is 0 Å². The van der Waals surface area contributed by atoms with Gasteiger partial charge in [0.25, 0.3) is 5.91 Å². The first kappa shape index (κ1) is 13.9. The summed E-state index contributed by atoms with van der Waals surface area (Å²) < 4.78 is 0. The molecule has 20 heavy (non-hydrogen) atoms. The summed E-state index contributed by atoms with van der Waals surface area (Å²) in [6, 6.07) is 11.9. The van der Waals surface area contributed by atoms with Gasteiger partial charge < -0.3 is 15.5 Å². The summed E-state index contributed by atoms with van der Waals surface area (Å²) in [5.41, 5.74) is 2.59. The molecule has 0 radical (unpaired) electrons. The van der Waals surface area contributed by atoms with E-state index in [1.165, 1.54) is 23.8 Å². The second-order valence-corrected chi connectivity index (χ2v) is 4.51. The van der Waals surface area contributed by atoms with Crippen LogP contribution in [0.25, 0.3) is 0 Å². The lowest BCUT2D eigenvalue weighted by molar-refractivity contribution is 0.0950. The maximum Gasteiger partial charge on any atom is 0.251 e. The molecule has 0 aliphatic rings. The fourth-order valence-corrected chi connectivity index (χ4v) is 2.02. The first-order valence-corrected chi connectivity index (χ1v) is 6.48. The van der Waals surface area contributed by atoms with Gasteiger partial charge in [0.1, 0.15) is 0 Å². The van der Waals surface area contributed by atoms with Crippen molar-refractivity contribution in [1.82, 2.24) is 5.32 Å². The van der Waals surface area contributed by atoms with Crippen LogP contribution in [0.2, 0.25) is 0 Å². The highest BCUT2D eigenvalue weighted by Crippen LogP contribution is 2.24. The van der Waals surface area contributed by atoms with Crippen LogP contribution in [0.15, 0.2) is 42.5 Å². The number of benzene rings is 2. The monoisotopic (exact) mass is 271 g/mol. The maximum absolute atomic E-state index is 12.0. The summed E-state index contributed by atoms with van der Waals surface area (Å²) in [4.78, 5) is 12.0. The van der Waals surface area contributed by atoms with Gasteiger partial charge in [-0.25, -0.2) is 0 Å². The zero-order valence-corrected chi connectivity index (χ0v) is 11.3. The quantitative estimate of drug-likeness (QED) is 0.749. The van der Waals surface area contributed by atoms with Crippen LogP contribution >= 0.6 is 0 Å². The third-order valence-corrected chi connectivity index (χ3v) is 3.18. The van der Waals surface area contributed by atoms with E-state index in [1.54, 1.807) is 0 Å². The molecule has 0 spiro atoms. The first-order chi connectivity index (χ1) is 9.61. The lowest BCUT2D eigenvalue weighted by Gasteiger charge is -2.09. The van der Waals surface area contributed by atoms with E-state index in [4.69, 9.17) is 0 Å². The van der Waals surface area contributed by atoms with Crippen LogP contribution in [0.4, 0.5) is 0 Å². The molecule has 4 nitrogen and oxygen atoms in total. The molecule has 0 saturated carbocycles. The average Bonchev–Trinajstić information content (AvgIpc) is 2.47. The van der Waals surface area contributed by atoms with Gasteiger partial charge in [0.05, 0.1) is 0 Å². The molecule has 104 valence electrons. The summed E-state index contributed by atoms with van der Waals surface area (Å²) in [5.74, 6) is -0.823. The normalized spacial score (nSPS) is 10.2. The summed E-state index contributed by atoms with van der Waals surface area (Å²) in [6.45, 7) is 2.50. The van der Waals surface area contributed by atoms with Gasteiger partial charge in [0.2, 0.25) is 0 Å². The van der Waals surface area contributed by atoms with Gasteiger partial charge in [-0.1, -0.05) is 31.2 Å². The number of aromatic hydroxyl groups is 2. The van der Waals surface area contributed by atoms with Gasteiger partial charge in [-0.2, -0.15) is 0 Å². The van der Waals surface area contributed by atoms with E-state index < -0.39 is 0 Å². The van der Waals surface area contributed by atoms with Gasteiger partial charge in [0.15, 0.2) is 11.5 Å². The number of amides is 1. The Morgan fingerprint density at radius 2 is 1.75 bits per heavy atom. The molecule has 0 fully saturated rings. The van der Waals surface area contributed by atoms with Crippen molar-refractivity contribution in [2.45, 2.75) is 19.9 Å². The van der Waals surface area contributed by atoms with Crippen LogP contribution in [0.5, 0.6) is 11.5 Å². The molecule has 0 bridgehead atoms. The molecule has 1 amide bonds. The molecule has 4 heteroatoms. The van der Waals surface area contributed by atoms with Crippen LogP contribution < -0.4 is 5.32 Å². The molecule has 2 aromatic carbocycles. The van der Waals surface area contributed by atoms with Crippen molar-refractivity contribution >= 4 is 5.91 Å². The highest BCUT2D eigenvalue weighted by molar-refractivity contribution is 5.94. The minimum Gasteiger partial charge on any atom is -0.504 e. The Balaban J connectivity index is 2.06. The predicted octanol–water partition coefficient (Wildman–Crippen LogP) is 2.59. The molecule has 2 aromatic rings. The Kier molecular flexibility index (Phi) is 4.25. The fraction of sp³-hybridized carbons (Fsp3) is 0.188. The standard InChI is InChI=1S/C16H17NO3/c1-2-11-5-3-4-6-13(11)10-17-16(20)12-7-8-14(18)15(19)9-12/h3-9,18-19H,2,10H2,1H3,(H,17,20). The summed E-state index contributed by atoms with van der Waals surface area (Å²) in [5, 5.41) is 21.4. The molecule has 0 heterocycles. The molecule has 0 aromatic heterocycles. The molecule has 0 atom stereocenters. The smallest absolute Gasteiger partial charge is 0.251 e. The van der Waals surface area contributed by atoms with E-state index in [0.29, 0.717) is 12.1 Å². The van der Waals surface area contributed by atoms with Crippen molar-refractivity contribution in [3.8, 4) is 11.5 Å². The molecule has 3 N–H and O–H groups in total. The molecular weight excluding hydrogens is 254 g/mol. The van der Waals surface area contributed by atoms with Crippen LogP contribution in [-0.4, -0.2) is 16.1 Å².